The SMILES string of the molecule is NC(=O)c1nccnc1CNc1cc(Cl)ncc1C(F)(F)F. The molecule has 0 fully saturated rings. The molecule has 116 valence electrons. The van der Waals surface area contributed by atoms with E-state index in [9.17, 15) is 18.0 Å². The Morgan fingerprint density at radius 2 is 1.95 bits per heavy atom. The number of alkyl halides is 3. The van der Waals surface area contributed by atoms with Crippen LogP contribution in [0, 0.1) is 0 Å². The number of hydrogen-bond donors (Lipinski definition) is 2. The third-order valence-electron chi connectivity index (χ3n) is 2.63. The van der Waals surface area contributed by atoms with Crippen LogP contribution in [0.5, 0.6) is 0 Å². The van der Waals surface area contributed by atoms with E-state index in [1.807, 2.05) is 0 Å². The van der Waals surface area contributed by atoms with Gasteiger partial charge in [0.25, 0.3) is 5.91 Å². The number of nitrogens with two attached hydrogens (primary N) is 1. The van der Waals surface area contributed by atoms with Gasteiger partial charge in [-0.15, -0.1) is 0 Å². The molecule has 0 bridgehead atoms. The van der Waals surface area contributed by atoms with Gasteiger partial charge >= 0.3 is 6.18 Å². The summed E-state index contributed by atoms with van der Waals surface area (Å²) in [7, 11) is 0. The van der Waals surface area contributed by atoms with Gasteiger partial charge in [0, 0.05) is 18.6 Å². The summed E-state index contributed by atoms with van der Waals surface area (Å²) in [5, 5.41) is 2.41. The number of primary amides is 1. The maximum atomic E-state index is 12.9. The fraction of sp³-hybridized carbons (Fsp3) is 0.167. The third kappa shape index (κ3) is 3.61. The number of halogens is 4. The molecule has 1 amide bonds. The molecule has 0 saturated heterocycles. The number of carbonyl (C=O) groups excluding carboxylic acids is 1. The van der Waals surface area contributed by atoms with Crippen LogP contribution in [0.2, 0.25) is 5.15 Å². The largest absolute Gasteiger partial charge is 0.419 e. The van der Waals surface area contributed by atoms with E-state index in [-0.39, 0.29) is 28.8 Å². The van der Waals surface area contributed by atoms with E-state index in [1.165, 1.54) is 12.4 Å². The van der Waals surface area contributed by atoms with E-state index < -0.39 is 17.6 Å². The maximum absolute atomic E-state index is 12.9. The Balaban J connectivity index is 2.29. The molecule has 2 aromatic rings. The van der Waals surface area contributed by atoms with E-state index in [0.29, 0.717) is 6.20 Å². The number of rotatable bonds is 4. The highest BCUT2D eigenvalue weighted by molar-refractivity contribution is 6.29. The third-order valence-corrected chi connectivity index (χ3v) is 2.84. The first-order chi connectivity index (χ1) is 10.3. The van der Waals surface area contributed by atoms with Gasteiger partial charge in [0.1, 0.15) is 5.15 Å². The molecule has 0 radical (unpaired) electrons. The Morgan fingerprint density at radius 1 is 1.27 bits per heavy atom. The minimum Gasteiger partial charge on any atom is -0.379 e. The Hall–Kier alpha value is -2.42. The number of aromatic nitrogens is 3. The molecule has 6 nitrogen and oxygen atoms in total. The minimum absolute atomic E-state index is 0.107. The van der Waals surface area contributed by atoms with Crippen molar-refractivity contribution >= 4 is 23.2 Å². The van der Waals surface area contributed by atoms with Crippen molar-refractivity contribution in [3.05, 3.63) is 46.8 Å². The summed E-state index contributed by atoms with van der Waals surface area (Å²) < 4.78 is 38.7. The normalized spacial score (nSPS) is 11.3. The zero-order chi connectivity index (χ0) is 16.3. The fourth-order valence-corrected chi connectivity index (χ4v) is 1.84. The van der Waals surface area contributed by atoms with Gasteiger partial charge < -0.3 is 11.1 Å². The van der Waals surface area contributed by atoms with Crippen molar-refractivity contribution in [1.29, 1.82) is 0 Å². The van der Waals surface area contributed by atoms with Gasteiger partial charge in [-0.1, -0.05) is 11.6 Å². The second-order valence-electron chi connectivity index (χ2n) is 4.12. The van der Waals surface area contributed by atoms with Crippen molar-refractivity contribution in [3.8, 4) is 0 Å². The lowest BCUT2D eigenvalue weighted by Gasteiger charge is -2.14. The van der Waals surface area contributed by atoms with Gasteiger partial charge in [-0.2, -0.15) is 13.2 Å². The molecule has 2 heterocycles. The van der Waals surface area contributed by atoms with Crippen LogP contribution in [-0.2, 0) is 12.7 Å². The molecule has 0 aliphatic carbocycles. The number of nitrogens with one attached hydrogen (secondary N) is 1. The number of amides is 1. The highest BCUT2D eigenvalue weighted by Gasteiger charge is 2.34. The molecule has 22 heavy (non-hydrogen) atoms. The molecule has 3 N–H and O–H groups in total. The average Bonchev–Trinajstić information content (AvgIpc) is 2.44. The standard InChI is InChI=1S/C12H9ClF3N5O/c13-9-3-7(6(4-21-9)12(14,15)16)20-5-8-10(11(17)22)19-2-1-18-8/h1-4H,5H2,(H2,17,22)(H,20,21). The molecule has 0 aromatic carbocycles. The van der Waals surface area contributed by atoms with Crippen LogP contribution >= 0.6 is 11.6 Å². The molecule has 2 rings (SSSR count). The Morgan fingerprint density at radius 3 is 2.59 bits per heavy atom. The molecular formula is C12H9ClF3N5O. The van der Waals surface area contributed by atoms with Crippen molar-refractivity contribution in [3.63, 3.8) is 0 Å². The van der Waals surface area contributed by atoms with Gasteiger partial charge in [-0.05, 0) is 6.07 Å². The summed E-state index contributed by atoms with van der Waals surface area (Å²) in [6.07, 6.45) is -1.42. The second kappa shape index (κ2) is 6.14. The molecule has 0 unspecified atom stereocenters. The Kier molecular flexibility index (Phi) is 4.45. The summed E-state index contributed by atoms with van der Waals surface area (Å²) in [4.78, 5) is 22.2. The van der Waals surface area contributed by atoms with Crippen LogP contribution in [0.15, 0.2) is 24.7 Å². The summed E-state index contributed by atoms with van der Waals surface area (Å²) >= 11 is 5.61. The summed E-state index contributed by atoms with van der Waals surface area (Å²) in [6.45, 7) is -0.185. The first kappa shape index (κ1) is 16.0. The van der Waals surface area contributed by atoms with Crippen molar-refractivity contribution < 1.29 is 18.0 Å². The topological polar surface area (TPSA) is 93.8 Å². The van der Waals surface area contributed by atoms with Crippen molar-refractivity contribution in [2.75, 3.05) is 5.32 Å². The van der Waals surface area contributed by atoms with Gasteiger partial charge in [0.05, 0.1) is 23.5 Å². The number of carbonyl (C=O) groups is 1. The van der Waals surface area contributed by atoms with Crippen LogP contribution in [0.25, 0.3) is 0 Å². The van der Waals surface area contributed by atoms with Gasteiger partial charge in [0.2, 0.25) is 0 Å². The average molecular weight is 332 g/mol. The summed E-state index contributed by atoms with van der Waals surface area (Å²) in [5.41, 5.74) is 3.86. The van der Waals surface area contributed by atoms with E-state index >= 15 is 0 Å². The highest BCUT2D eigenvalue weighted by Crippen LogP contribution is 2.35. The minimum atomic E-state index is -4.60. The number of anilines is 1. The van der Waals surface area contributed by atoms with E-state index in [1.54, 1.807) is 0 Å². The fourth-order valence-electron chi connectivity index (χ4n) is 1.68. The second-order valence-corrected chi connectivity index (χ2v) is 4.51. The number of nitrogens with zero attached hydrogens (tertiary/aromatic N) is 3. The van der Waals surface area contributed by atoms with Crippen molar-refractivity contribution in [2.24, 2.45) is 5.73 Å². The van der Waals surface area contributed by atoms with E-state index in [4.69, 9.17) is 17.3 Å². The van der Waals surface area contributed by atoms with Crippen LogP contribution in [0.1, 0.15) is 21.7 Å². The molecule has 10 heteroatoms. The summed E-state index contributed by atoms with van der Waals surface area (Å²) in [6, 6.07) is 1.03. The van der Waals surface area contributed by atoms with Gasteiger partial charge in [-0.25, -0.2) is 9.97 Å². The van der Waals surface area contributed by atoms with Crippen LogP contribution in [-0.4, -0.2) is 20.9 Å². The first-order valence-electron chi connectivity index (χ1n) is 5.85. The lowest BCUT2D eigenvalue weighted by atomic mass is 10.2. The summed E-state index contributed by atoms with van der Waals surface area (Å²) in [5.74, 6) is -0.825. The van der Waals surface area contributed by atoms with Crippen molar-refractivity contribution in [1.82, 2.24) is 15.0 Å². The molecule has 2 aromatic heterocycles. The highest BCUT2D eigenvalue weighted by atomic mass is 35.5. The zero-order valence-electron chi connectivity index (χ0n) is 10.9. The molecule has 0 aliphatic rings. The monoisotopic (exact) mass is 331 g/mol. The van der Waals surface area contributed by atoms with E-state index in [2.05, 4.69) is 20.3 Å². The molecular weight excluding hydrogens is 323 g/mol. The smallest absolute Gasteiger partial charge is 0.379 e. The molecule has 0 atom stereocenters. The lowest BCUT2D eigenvalue weighted by Crippen LogP contribution is -2.19. The maximum Gasteiger partial charge on any atom is 0.419 e. The lowest BCUT2D eigenvalue weighted by molar-refractivity contribution is -0.137. The predicted octanol–water partition coefficient (Wildman–Crippen LogP) is 2.25. The van der Waals surface area contributed by atoms with Gasteiger partial charge in [-0.3, -0.25) is 9.78 Å². The van der Waals surface area contributed by atoms with Crippen LogP contribution < -0.4 is 11.1 Å². The van der Waals surface area contributed by atoms with Gasteiger partial charge in [0.15, 0.2) is 5.69 Å². The first-order valence-corrected chi connectivity index (χ1v) is 6.23. The zero-order valence-corrected chi connectivity index (χ0v) is 11.6. The molecule has 0 saturated carbocycles. The van der Waals surface area contributed by atoms with Crippen molar-refractivity contribution in [2.45, 2.75) is 12.7 Å². The van der Waals surface area contributed by atoms with Crippen LogP contribution in [0.4, 0.5) is 18.9 Å². The number of pyridine rings is 1. The Bertz CT molecular complexity index is 707. The Labute approximate surface area is 127 Å². The van der Waals surface area contributed by atoms with E-state index in [0.717, 1.165) is 6.07 Å². The molecule has 0 aliphatic heterocycles. The molecule has 0 spiro atoms. The van der Waals surface area contributed by atoms with Crippen LogP contribution in [0.3, 0.4) is 0 Å². The quantitative estimate of drug-likeness (QED) is 0.838. The number of hydrogen-bond acceptors (Lipinski definition) is 5. The predicted molar refractivity (Wildman–Crippen MR) is 72.1 cm³/mol.